The number of ether oxygens (including phenoxy) is 1. The summed E-state index contributed by atoms with van der Waals surface area (Å²) < 4.78 is 19.1. The van der Waals surface area contributed by atoms with Gasteiger partial charge in [-0.1, -0.05) is 0 Å². The standard InChI is InChI=1S/C21H22FNO3/c1-14-13-17(15(2)24)5-8-20(14)26-19-9-11-23(12-10-19)21(25)16-3-6-18(22)7-4-16/h3-8,13,19H,9-12H2,1-2H3. The Morgan fingerprint density at radius 1 is 1.04 bits per heavy atom. The third kappa shape index (κ3) is 4.10. The van der Waals surface area contributed by atoms with E-state index in [9.17, 15) is 14.0 Å². The van der Waals surface area contributed by atoms with Gasteiger partial charge in [-0.2, -0.15) is 0 Å². The van der Waals surface area contributed by atoms with Crippen molar-refractivity contribution in [3.05, 3.63) is 65.0 Å². The van der Waals surface area contributed by atoms with Gasteiger partial charge in [-0.3, -0.25) is 9.59 Å². The van der Waals surface area contributed by atoms with Crippen molar-refractivity contribution < 1.29 is 18.7 Å². The highest BCUT2D eigenvalue weighted by Gasteiger charge is 2.25. The smallest absolute Gasteiger partial charge is 0.253 e. The van der Waals surface area contributed by atoms with E-state index in [0.717, 1.165) is 24.2 Å². The van der Waals surface area contributed by atoms with Gasteiger partial charge in [0.25, 0.3) is 5.91 Å². The number of piperidine rings is 1. The van der Waals surface area contributed by atoms with Crippen molar-refractivity contribution in [3.63, 3.8) is 0 Å². The van der Waals surface area contributed by atoms with E-state index in [-0.39, 0.29) is 23.6 Å². The minimum atomic E-state index is -0.347. The Bertz CT molecular complexity index is 809. The van der Waals surface area contributed by atoms with Crippen LogP contribution in [0.1, 0.15) is 46.0 Å². The van der Waals surface area contributed by atoms with Crippen LogP contribution < -0.4 is 4.74 Å². The number of carbonyl (C=O) groups is 2. The lowest BCUT2D eigenvalue weighted by Crippen LogP contribution is -2.41. The summed E-state index contributed by atoms with van der Waals surface area (Å²) in [4.78, 5) is 25.7. The van der Waals surface area contributed by atoms with E-state index in [0.29, 0.717) is 24.2 Å². The SMILES string of the molecule is CC(=O)c1ccc(OC2CCN(C(=O)c3ccc(F)cc3)CC2)c(C)c1. The largest absolute Gasteiger partial charge is 0.490 e. The predicted octanol–water partition coefficient (Wildman–Crippen LogP) is 4.02. The highest BCUT2D eigenvalue weighted by atomic mass is 19.1. The third-order valence-corrected chi connectivity index (χ3v) is 4.70. The molecule has 5 heteroatoms. The molecule has 0 atom stereocenters. The van der Waals surface area contributed by atoms with Gasteiger partial charge in [-0.25, -0.2) is 4.39 Å². The number of hydrogen-bond acceptors (Lipinski definition) is 3. The molecule has 1 amide bonds. The first-order valence-electron chi connectivity index (χ1n) is 8.77. The molecule has 136 valence electrons. The lowest BCUT2D eigenvalue weighted by Gasteiger charge is -2.32. The molecule has 1 aliphatic rings. The molecule has 1 fully saturated rings. The molecule has 2 aromatic carbocycles. The molecule has 1 heterocycles. The van der Waals surface area contributed by atoms with E-state index in [1.807, 2.05) is 19.1 Å². The lowest BCUT2D eigenvalue weighted by atomic mass is 10.0. The highest BCUT2D eigenvalue weighted by Crippen LogP contribution is 2.24. The molecule has 0 aromatic heterocycles. The Labute approximate surface area is 152 Å². The summed E-state index contributed by atoms with van der Waals surface area (Å²) >= 11 is 0. The Balaban J connectivity index is 1.58. The van der Waals surface area contributed by atoms with E-state index in [4.69, 9.17) is 4.74 Å². The lowest BCUT2D eigenvalue weighted by molar-refractivity contribution is 0.0594. The van der Waals surface area contributed by atoms with Gasteiger partial charge >= 0.3 is 0 Å². The summed E-state index contributed by atoms with van der Waals surface area (Å²) in [5, 5.41) is 0. The highest BCUT2D eigenvalue weighted by molar-refractivity contribution is 5.94. The average Bonchev–Trinajstić information content (AvgIpc) is 2.64. The van der Waals surface area contributed by atoms with Crippen LogP contribution in [0.5, 0.6) is 5.75 Å². The molecular weight excluding hydrogens is 333 g/mol. The monoisotopic (exact) mass is 355 g/mol. The van der Waals surface area contributed by atoms with Crippen LogP contribution >= 0.6 is 0 Å². The molecule has 26 heavy (non-hydrogen) atoms. The number of carbonyl (C=O) groups excluding carboxylic acids is 2. The number of ketones is 1. The molecule has 0 N–H and O–H groups in total. The Kier molecular flexibility index (Phi) is 5.35. The van der Waals surface area contributed by atoms with Gasteiger partial charge < -0.3 is 9.64 Å². The molecule has 0 unspecified atom stereocenters. The van der Waals surface area contributed by atoms with E-state index in [1.54, 1.807) is 17.9 Å². The van der Waals surface area contributed by atoms with Crippen LogP contribution in [0.4, 0.5) is 4.39 Å². The maximum atomic E-state index is 13.0. The number of hydrogen-bond donors (Lipinski definition) is 0. The Morgan fingerprint density at radius 3 is 2.23 bits per heavy atom. The van der Waals surface area contributed by atoms with Crippen molar-refractivity contribution in [2.75, 3.05) is 13.1 Å². The van der Waals surface area contributed by atoms with Crippen LogP contribution in [-0.4, -0.2) is 35.8 Å². The van der Waals surface area contributed by atoms with E-state index in [2.05, 4.69) is 0 Å². The van der Waals surface area contributed by atoms with Crippen LogP contribution in [0.3, 0.4) is 0 Å². The maximum Gasteiger partial charge on any atom is 0.253 e. The summed E-state index contributed by atoms with van der Waals surface area (Å²) in [7, 11) is 0. The topological polar surface area (TPSA) is 46.6 Å². The summed E-state index contributed by atoms with van der Waals surface area (Å²) in [6, 6.07) is 11.1. The quantitative estimate of drug-likeness (QED) is 0.778. The summed E-state index contributed by atoms with van der Waals surface area (Å²) in [5.74, 6) is 0.385. The molecule has 1 aliphatic heterocycles. The molecule has 0 radical (unpaired) electrons. The zero-order valence-electron chi connectivity index (χ0n) is 15.0. The number of aryl methyl sites for hydroxylation is 1. The van der Waals surface area contributed by atoms with Crippen molar-refractivity contribution in [3.8, 4) is 5.75 Å². The van der Waals surface area contributed by atoms with Gasteiger partial charge in [0.2, 0.25) is 0 Å². The second-order valence-electron chi connectivity index (χ2n) is 6.65. The number of benzene rings is 2. The van der Waals surface area contributed by atoms with Gasteiger partial charge in [-0.05, 0) is 61.9 Å². The van der Waals surface area contributed by atoms with Gasteiger partial charge in [0.05, 0.1) is 0 Å². The van der Waals surface area contributed by atoms with Crippen molar-refractivity contribution >= 4 is 11.7 Å². The third-order valence-electron chi connectivity index (χ3n) is 4.70. The van der Waals surface area contributed by atoms with Gasteiger partial charge in [0, 0.05) is 37.1 Å². The first-order chi connectivity index (χ1) is 12.4. The van der Waals surface area contributed by atoms with Crippen molar-refractivity contribution in [1.29, 1.82) is 0 Å². The van der Waals surface area contributed by atoms with Crippen LogP contribution in [-0.2, 0) is 0 Å². The molecule has 0 aliphatic carbocycles. The average molecular weight is 355 g/mol. The zero-order chi connectivity index (χ0) is 18.7. The number of likely N-dealkylation sites (tertiary alicyclic amines) is 1. The normalized spacial score (nSPS) is 15.0. The fraction of sp³-hybridized carbons (Fsp3) is 0.333. The number of amides is 1. The van der Waals surface area contributed by atoms with E-state index in [1.165, 1.54) is 24.3 Å². The summed E-state index contributed by atoms with van der Waals surface area (Å²) in [6.45, 7) is 4.68. The minimum Gasteiger partial charge on any atom is -0.490 e. The van der Waals surface area contributed by atoms with E-state index >= 15 is 0 Å². The van der Waals surface area contributed by atoms with Crippen LogP contribution in [0.2, 0.25) is 0 Å². The minimum absolute atomic E-state index is 0.0345. The van der Waals surface area contributed by atoms with Crippen molar-refractivity contribution in [2.24, 2.45) is 0 Å². The Morgan fingerprint density at radius 2 is 1.65 bits per heavy atom. The molecule has 0 bridgehead atoms. The first-order valence-corrected chi connectivity index (χ1v) is 8.77. The second-order valence-corrected chi connectivity index (χ2v) is 6.65. The molecule has 4 nitrogen and oxygen atoms in total. The number of halogens is 1. The number of Topliss-reactive ketones (excluding diaryl/α,β-unsaturated/α-hetero) is 1. The molecule has 1 saturated heterocycles. The van der Waals surface area contributed by atoms with Gasteiger partial charge in [0.15, 0.2) is 5.78 Å². The maximum absolute atomic E-state index is 13.0. The van der Waals surface area contributed by atoms with Crippen LogP contribution in [0, 0.1) is 12.7 Å². The van der Waals surface area contributed by atoms with Crippen molar-refractivity contribution in [2.45, 2.75) is 32.8 Å². The number of rotatable bonds is 4. The molecule has 0 spiro atoms. The number of nitrogens with zero attached hydrogens (tertiary/aromatic N) is 1. The van der Waals surface area contributed by atoms with Crippen LogP contribution in [0.25, 0.3) is 0 Å². The van der Waals surface area contributed by atoms with E-state index < -0.39 is 0 Å². The molecular formula is C21H22FNO3. The Hall–Kier alpha value is -2.69. The zero-order valence-corrected chi connectivity index (χ0v) is 15.0. The van der Waals surface area contributed by atoms with Gasteiger partial charge in [0.1, 0.15) is 17.7 Å². The summed E-state index contributed by atoms with van der Waals surface area (Å²) in [6.07, 6.45) is 1.51. The first kappa shape index (κ1) is 18.1. The molecule has 2 aromatic rings. The second kappa shape index (κ2) is 7.68. The molecule has 0 saturated carbocycles. The van der Waals surface area contributed by atoms with Gasteiger partial charge in [-0.15, -0.1) is 0 Å². The van der Waals surface area contributed by atoms with Crippen LogP contribution in [0.15, 0.2) is 42.5 Å². The molecule has 3 rings (SSSR count). The summed E-state index contributed by atoms with van der Waals surface area (Å²) in [5.41, 5.74) is 2.11. The predicted molar refractivity (Wildman–Crippen MR) is 97.1 cm³/mol. The fourth-order valence-electron chi connectivity index (χ4n) is 3.13. The van der Waals surface area contributed by atoms with Crippen molar-refractivity contribution in [1.82, 2.24) is 4.90 Å². The fourth-order valence-corrected chi connectivity index (χ4v) is 3.13.